The molecular weight excluding hydrogens is 298 g/mol. The van der Waals surface area contributed by atoms with Crippen LogP contribution in [0.4, 0.5) is 5.13 Å². The number of carbonyl (C=O) groups excluding carboxylic acids is 1. The van der Waals surface area contributed by atoms with Crippen LogP contribution < -0.4 is 5.32 Å². The van der Waals surface area contributed by atoms with Gasteiger partial charge in [-0.3, -0.25) is 4.79 Å². The van der Waals surface area contributed by atoms with Crippen molar-refractivity contribution in [3.05, 3.63) is 22.7 Å². The van der Waals surface area contributed by atoms with Gasteiger partial charge in [-0.05, 0) is 0 Å². The maximum Gasteiger partial charge on any atom is 0.236 e. The van der Waals surface area contributed by atoms with Gasteiger partial charge in [-0.15, -0.1) is 22.7 Å². The van der Waals surface area contributed by atoms with Crippen molar-refractivity contribution in [2.24, 2.45) is 0 Å². The first kappa shape index (κ1) is 14.5. The smallest absolute Gasteiger partial charge is 0.236 e. The van der Waals surface area contributed by atoms with Crippen LogP contribution in [0.15, 0.2) is 21.3 Å². The molecule has 2 aromatic heterocycles. The molecule has 0 aliphatic carbocycles. The predicted octanol–water partition coefficient (Wildman–Crippen LogP) is 3.63. The Morgan fingerprint density at radius 2 is 2.21 bits per heavy atom. The van der Waals surface area contributed by atoms with Gasteiger partial charge in [0.25, 0.3) is 0 Å². The van der Waals surface area contributed by atoms with Gasteiger partial charge in [-0.25, -0.2) is 9.97 Å². The highest BCUT2D eigenvalue weighted by atomic mass is 32.2. The molecule has 2 rings (SSSR count). The van der Waals surface area contributed by atoms with Crippen molar-refractivity contribution in [2.45, 2.75) is 30.5 Å². The number of carbonyl (C=O) groups is 1. The zero-order valence-electron chi connectivity index (χ0n) is 11.0. The Hall–Kier alpha value is -0.920. The van der Waals surface area contributed by atoms with E-state index in [0.29, 0.717) is 10.9 Å². The van der Waals surface area contributed by atoms with Gasteiger partial charge in [-0.2, -0.15) is 0 Å². The number of aromatic nitrogens is 2. The first-order valence-electron chi connectivity index (χ1n) is 5.73. The number of nitrogens with zero attached hydrogens (tertiary/aromatic N) is 2. The van der Waals surface area contributed by atoms with Crippen LogP contribution in [0.1, 0.15) is 26.5 Å². The first-order valence-corrected chi connectivity index (χ1v) is 8.48. The number of rotatable bonds is 4. The van der Waals surface area contributed by atoms with Crippen molar-refractivity contribution in [3.63, 3.8) is 0 Å². The second-order valence-corrected chi connectivity index (χ2v) is 7.90. The fraction of sp³-hybridized carbons (Fsp3) is 0.417. The van der Waals surface area contributed by atoms with Crippen LogP contribution in [0.2, 0.25) is 0 Å². The summed E-state index contributed by atoms with van der Waals surface area (Å²) in [6.07, 6.45) is 1.67. The topological polar surface area (TPSA) is 54.9 Å². The molecule has 1 N–H and O–H groups in total. The van der Waals surface area contributed by atoms with Gasteiger partial charge in [0.1, 0.15) is 0 Å². The molecule has 19 heavy (non-hydrogen) atoms. The van der Waals surface area contributed by atoms with E-state index in [2.05, 4.69) is 41.4 Å². The quantitative estimate of drug-likeness (QED) is 0.876. The van der Waals surface area contributed by atoms with Crippen LogP contribution in [0.3, 0.4) is 0 Å². The van der Waals surface area contributed by atoms with Gasteiger partial charge in [0, 0.05) is 22.4 Å². The third kappa shape index (κ3) is 4.29. The molecule has 0 radical (unpaired) electrons. The molecule has 0 aromatic carbocycles. The fourth-order valence-corrected chi connectivity index (χ4v) is 3.63. The Morgan fingerprint density at radius 1 is 1.42 bits per heavy atom. The van der Waals surface area contributed by atoms with Crippen LogP contribution in [0.25, 0.3) is 0 Å². The van der Waals surface area contributed by atoms with E-state index >= 15 is 0 Å². The van der Waals surface area contributed by atoms with Crippen LogP contribution in [0, 0.1) is 0 Å². The maximum absolute atomic E-state index is 11.7. The van der Waals surface area contributed by atoms with Gasteiger partial charge in [0.15, 0.2) is 9.47 Å². The average Bonchev–Trinajstić information content (AvgIpc) is 2.95. The molecule has 0 saturated heterocycles. The lowest BCUT2D eigenvalue weighted by Gasteiger charge is -2.14. The summed E-state index contributed by atoms with van der Waals surface area (Å²) in [5, 5.41) is 7.28. The molecule has 0 unspecified atom stereocenters. The van der Waals surface area contributed by atoms with Crippen molar-refractivity contribution < 1.29 is 4.79 Å². The van der Waals surface area contributed by atoms with E-state index in [1.54, 1.807) is 17.5 Å². The Kier molecular flexibility index (Phi) is 4.59. The highest BCUT2D eigenvalue weighted by Crippen LogP contribution is 2.29. The van der Waals surface area contributed by atoms with E-state index in [4.69, 9.17) is 0 Å². The number of thioether (sulfide) groups is 1. The van der Waals surface area contributed by atoms with Crippen molar-refractivity contribution in [1.82, 2.24) is 9.97 Å². The van der Waals surface area contributed by atoms with E-state index in [0.717, 1.165) is 10.0 Å². The summed E-state index contributed by atoms with van der Waals surface area (Å²) in [5.41, 5.74) is 1.12. The number of amides is 1. The first-order chi connectivity index (χ1) is 8.95. The number of hydrogen-bond donors (Lipinski definition) is 1. The standard InChI is InChI=1S/C12H15N3OS3/c1-12(2,3)8-6-18-11(14-8)19-7-9(16)15-10-13-4-5-17-10/h4-6H,7H2,1-3H3,(H,13,15,16). The molecule has 0 fully saturated rings. The average molecular weight is 313 g/mol. The number of hydrogen-bond acceptors (Lipinski definition) is 6. The molecule has 102 valence electrons. The van der Waals surface area contributed by atoms with E-state index in [-0.39, 0.29) is 11.3 Å². The zero-order chi connectivity index (χ0) is 13.9. The Labute approximate surface area is 124 Å². The Bertz CT molecular complexity index is 543. The SMILES string of the molecule is CC(C)(C)c1csc(SCC(=O)Nc2nccs2)n1. The van der Waals surface area contributed by atoms with Gasteiger partial charge < -0.3 is 5.32 Å². The molecule has 2 aromatic rings. The van der Waals surface area contributed by atoms with Crippen LogP contribution in [0.5, 0.6) is 0 Å². The zero-order valence-corrected chi connectivity index (χ0v) is 13.4. The highest BCUT2D eigenvalue weighted by molar-refractivity contribution is 8.01. The predicted molar refractivity (Wildman–Crippen MR) is 82.3 cm³/mol. The van der Waals surface area contributed by atoms with E-state index in [9.17, 15) is 4.79 Å². The summed E-state index contributed by atoms with van der Waals surface area (Å²) in [6.45, 7) is 6.39. The van der Waals surface area contributed by atoms with Crippen molar-refractivity contribution in [3.8, 4) is 0 Å². The minimum Gasteiger partial charge on any atom is -0.301 e. The number of thiazole rings is 2. The molecule has 7 heteroatoms. The lowest BCUT2D eigenvalue weighted by molar-refractivity contribution is -0.113. The second-order valence-electron chi connectivity index (χ2n) is 4.92. The van der Waals surface area contributed by atoms with Crippen molar-refractivity contribution in [2.75, 3.05) is 11.1 Å². The van der Waals surface area contributed by atoms with E-state index < -0.39 is 0 Å². The Morgan fingerprint density at radius 3 is 2.79 bits per heavy atom. The normalized spacial score (nSPS) is 11.5. The van der Waals surface area contributed by atoms with E-state index in [1.807, 2.05) is 5.38 Å². The fourth-order valence-electron chi connectivity index (χ4n) is 1.24. The molecule has 0 aliphatic heterocycles. The molecular formula is C12H15N3OS3. The number of nitrogens with one attached hydrogen (secondary N) is 1. The highest BCUT2D eigenvalue weighted by Gasteiger charge is 2.17. The molecule has 0 aliphatic rings. The number of anilines is 1. The molecule has 1 amide bonds. The van der Waals surface area contributed by atoms with Gasteiger partial charge >= 0.3 is 0 Å². The molecule has 0 bridgehead atoms. The molecule has 0 saturated carbocycles. The third-order valence-corrected chi connectivity index (χ3v) is 4.97. The minimum absolute atomic E-state index is 0.0486. The van der Waals surface area contributed by atoms with Gasteiger partial charge in [-0.1, -0.05) is 32.5 Å². The van der Waals surface area contributed by atoms with Gasteiger partial charge in [0.05, 0.1) is 11.4 Å². The summed E-state index contributed by atoms with van der Waals surface area (Å²) < 4.78 is 0.930. The largest absolute Gasteiger partial charge is 0.301 e. The molecule has 2 heterocycles. The van der Waals surface area contributed by atoms with Gasteiger partial charge in [0.2, 0.25) is 5.91 Å². The lowest BCUT2D eigenvalue weighted by atomic mass is 9.93. The van der Waals surface area contributed by atoms with Crippen LogP contribution in [-0.4, -0.2) is 21.6 Å². The summed E-state index contributed by atoms with van der Waals surface area (Å²) in [7, 11) is 0. The maximum atomic E-state index is 11.7. The van der Waals surface area contributed by atoms with Crippen molar-refractivity contribution in [1.29, 1.82) is 0 Å². The monoisotopic (exact) mass is 313 g/mol. The molecule has 0 atom stereocenters. The van der Waals surface area contributed by atoms with Crippen LogP contribution in [-0.2, 0) is 10.2 Å². The summed E-state index contributed by atoms with van der Waals surface area (Å²) >= 11 is 4.46. The van der Waals surface area contributed by atoms with E-state index in [1.165, 1.54) is 23.1 Å². The third-order valence-electron chi connectivity index (χ3n) is 2.26. The van der Waals surface area contributed by atoms with Crippen molar-refractivity contribution >= 4 is 45.5 Å². The summed E-state index contributed by atoms with van der Waals surface area (Å²) in [6, 6.07) is 0. The second kappa shape index (κ2) is 6.02. The summed E-state index contributed by atoms with van der Waals surface area (Å²) in [4.78, 5) is 20.2. The molecule has 0 spiro atoms. The lowest BCUT2D eigenvalue weighted by Crippen LogP contribution is -2.14. The summed E-state index contributed by atoms with van der Waals surface area (Å²) in [5.74, 6) is 0.309. The minimum atomic E-state index is -0.0486. The molecule has 4 nitrogen and oxygen atoms in total. The Balaban J connectivity index is 1.85. The van der Waals surface area contributed by atoms with Crippen LogP contribution >= 0.6 is 34.4 Å².